The van der Waals surface area contributed by atoms with Crippen molar-refractivity contribution >= 4 is 0 Å². The molecular weight excluding hydrogens is 186 g/mol. The van der Waals surface area contributed by atoms with Crippen molar-refractivity contribution < 1.29 is 4.74 Å². The van der Waals surface area contributed by atoms with E-state index in [1.54, 1.807) is 7.11 Å². The number of para-hydroxylation sites is 1. The van der Waals surface area contributed by atoms with E-state index < -0.39 is 0 Å². The van der Waals surface area contributed by atoms with Crippen molar-refractivity contribution in [3.8, 4) is 5.75 Å². The summed E-state index contributed by atoms with van der Waals surface area (Å²) in [6.07, 6.45) is 4.90. The van der Waals surface area contributed by atoms with Crippen LogP contribution in [-0.2, 0) is 5.41 Å². The Morgan fingerprint density at radius 1 is 1.33 bits per heavy atom. The van der Waals surface area contributed by atoms with Crippen LogP contribution in [-0.4, -0.2) is 13.7 Å². The van der Waals surface area contributed by atoms with Gasteiger partial charge >= 0.3 is 0 Å². The smallest absolute Gasteiger partial charge is 0.122 e. The second kappa shape index (κ2) is 4.23. The molecule has 0 unspecified atom stereocenters. The van der Waals surface area contributed by atoms with E-state index in [2.05, 4.69) is 12.1 Å². The van der Waals surface area contributed by atoms with Gasteiger partial charge in [-0.25, -0.2) is 0 Å². The summed E-state index contributed by atoms with van der Waals surface area (Å²) in [6.45, 7) is 0.762. The number of ether oxygens (including phenoxy) is 1. The molecule has 1 aliphatic carbocycles. The highest BCUT2D eigenvalue weighted by Gasteiger charge is 2.39. The third kappa shape index (κ3) is 1.74. The lowest BCUT2D eigenvalue weighted by Gasteiger charge is -2.43. The maximum Gasteiger partial charge on any atom is 0.122 e. The van der Waals surface area contributed by atoms with Crippen molar-refractivity contribution in [1.29, 1.82) is 0 Å². The lowest BCUT2D eigenvalue weighted by molar-refractivity contribution is 0.221. The number of rotatable bonds is 4. The molecule has 1 aliphatic rings. The molecule has 2 rings (SSSR count). The fraction of sp³-hybridized carbons (Fsp3) is 0.538. The molecule has 0 amide bonds. The van der Waals surface area contributed by atoms with Gasteiger partial charge in [-0.15, -0.1) is 0 Å². The van der Waals surface area contributed by atoms with Gasteiger partial charge in [-0.2, -0.15) is 0 Å². The molecule has 0 aromatic heterocycles. The first-order chi connectivity index (χ1) is 7.32. The van der Waals surface area contributed by atoms with Gasteiger partial charge in [-0.1, -0.05) is 24.6 Å². The molecule has 82 valence electrons. The molecule has 2 heteroatoms. The molecule has 0 spiro atoms. The van der Waals surface area contributed by atoms with Crippen molar-refractivity contribution in [2.24, 2.45) is 5.73 Å². The number of nitrogens with two attached hydrogens (primary N) is 1. The van der Waals surface area contributed by atoms with Crippen molar-refractivity contribution in [1.82, 2.24) is 0 Å². The summed E-state index contributed by atoms with van der Waals surface area (Å²) in [6, 6.07) is 8.35. The molecule has 1 fully saturated rings. The van der Waals surface area contributed by atoms with Gasteiger partial charge in [0, 0.05) is 11.0 Å². The van der Waals surface area contributed by atoms with Crippen molar-refractivity contribution in [2.45, 2.75) is 31.1 Å². The molecule has 2 nitrogen and oxygen atoms in total. The number of methoxy groups -OCH3 is 1. The van der Waals surface area contributed by atoms with Crippen LogP contribution in [0.4, 0.5) is 0 Å². The number of benzene rings is 1. The largest absolute Gasteiger partial charge is 0.496 e. The van der Waals surface area contributed by atoms with Crippen LogP contribution < -0.4 is 10.5 Å². The van der Waals surface area contributed by atoms with E-state index in [1.165, 1.54) is 24.8 Å². The monoisotopic (exact) mass is 205 g/mol. The second-order valence-corrected chi connectivity index (χ2v) is 4.37. The predicted octanol–water partition coefficient (Wildman–Crippen LogP) is 2.47. The minimum atomic E-state index is 0.307. The van der Waals surface area contributed by atoms with Gasteiger partial charge < -0.3 is 10.5 Å². The van der Waals surface area contributed by atoms with Crippen LogP contribution in [0.15, 0.2) is 24.3 Å². The average molecular weight is 205 g/mol. The highest BCUT2D eigenvalue weighted by atomic mass is 16.5. The van der Waals surface area contributed by atoms with Crippen LogP contribution in [0.5, 0.6) is 5.75 Å². The quantitative estimate of drug-likeness (QED) is 0.819. The van der Waals surface area contributed by atoms with Crippen LogP contribution in [0.1, 0.15) is 31.2 Å². The first-order valence-electron chi connectivity index (χ1n) is 5.66. The van der Waals surface area contributed by atoms with E-state index in [9.17, 15) is 0 Å². The van der Waals surface area contributed by atoms with E-state index in [4.69, 9.17) is 10.5 Å². The standard InChI is InChI=1S/C13H19NO/c1-15-12-6-3-2-5-11(12)13(9-10-14)7-4-8-13/h2-3,5-6H,4,7-10,14H2,1H3. The molecule has 0 aliphatic heterocycles. The van der Waals surface area contributed by atoms with E-state index in [1.807, 2.05) is 12.1 Å². The first-order valence-corrected chi connectivity index (χ1v) is 5.66. The third-order valence-electron chi connectivity index (χ3n) is 3.61. The number of hydrogen-bond donors (Lipinski definition) is 1. The van der Waals surface area contributed by atoms with Crippen molar-refractivity contribution in [2.75, 3.05) is 13.7 Å². The summed E-state index contributed by atoms with van der Waals surface area (Å²) in [4.78, 5) is 0. The van der Waals surface area contributed by atoms with Gasteiger partial charge in [-0.05, 0) is 31.9 Å². The molecular formula is C13H19NO. The highest BCUT2D eigenvalue weighted by molar-refractivity contribution is 5.41. The molecule has 0 bridgehead atoms. The average Bonchev–Trinajstić information content (AvgIpc) is 2.23. The zero-order valence-corrected chi connectivity index (χ0v) is 9.33. The minimum absolute atomic E-state index is 0.307. The Balaban J connectivity index is 2.33. The molecule has 1 aromatic rings. The molecule has 0 saturated heterocycles. The summed E-state index contributed by atoms with van der Waals surface area (Å²) >= 11 is 0. The van der Waals surface area contributed by atoms with E-state index in [0.29, 0.717) is 5.41 Å². The van der Waals surface area contributed by atoms with Crippen LogP contribution in [0, 0.1) is 0 Å². The van der Waals surface area contributed by atoms with Gasteiger partial charge in [0.05, 0.1) is 7.11 Å². The molecule has 15 heavy (non-hydrogen) atoms. The van der Waals surface area contributed by atoms with E-state index >= 15 is 0 Å². The van der Waals surface area contributed by atoms with E-state index in [0.717, 1.165) is 18.7 Å². The third-order valence-corrected chi connectivity index (χ3v) is 3.61. The molecule has 1 aromatic carbocycles. The van der Waals surface area contributed by atoms with Gasteiger partial charge in [0.25, 0.3) is 0 Å². The Labute approximate surface area is 91.4 Å². The Kier molecular flexibility index (Phi) is 2.96. The van der Waals surface area contributed by atoms with Crippen molar-refractivity contribution in [3.05, 3.63) is 29.8 Å². The Morgan fingerprint density at radius 3 is 2.60 bits per heavy atom. The lowest BCUT2D eigenvalue weighted by Crippen LogP contribution is -2.36. The molecule has 0 heterocycles. The van der Waals surface area contributed by atoms with Gasteiger partial charge in [0.15, 0.2) is 0 Å². The summed E-state index contributed by atoms with van der Waals surface area (Å²) in [7, 11) is 1.74. The lowest BCUT2D eigenvalue weighted by atomic mass is 9.62. The Morgan fingerprint density at radius 2 is 2.07 bits per heavy atom. The summed E-state index contributed by atoms with van der Waals surface area (Å²) in [5.41, 5.74) is 7.37. The SMILES string of the molecule is COc1ccccc1C1(CCN)CCC1. The fourth-order valence-electron chi connectivity index (χ4n) is 2.62. The zero-order chi connectivity index (χ0) is 10.7. The number of hydrogen-bond acceptors (Lipinski definition) is 2. The summed E-state index contributed by atoms with van der Waals surface area (Å²) in [5, 5.41) is 0. The first kappa shape index (κ1) is 10.5. The maximum absolute atomic E-state index is 5.71. The van der Waals surface area contributed by atoms with Gasteiger partial charge in [0.2, 0.25) is 0 Å². The highest BCUT2D eigenvalue weighted by Crippen LogP contribution is 2.49. The van der Waals surface area contributed by atoms with E-state index in [-0.39, 0.29) is 0 Å². The molecule has 0 radical (unpaired) electrons. The fourth-order valence-corrected chi connectivity index (χ4v) is 2.62. The molecule has 2 N–H and O–H groups in total. The van der Waals surface area contributed by atoms with Crippen molar-refractivity contribution in [3.63, 3.8) is 0 Å². The molecule has 1 saturated carbocycles. The van der Waals surface area contributed by atoms with Gasteiger partial charge in [0.1, 0.15) is 5.75 Å². The normalized spacial score (nSPS) is 18.3. The van der Waals surface area contributed by atoms with Crippen LogP contribution >= 0.6 is 0 Å². The predicted molar refractivity (Wildman–Crippen MR) is 62.2 cm³/mol. The summed E-state index contributed by atoms with van der Waals surface area (Å²) in [5.74, 6) is 1.02. The minimum Gasteiger partial charge on any atom is -0.496 e. The molecule has 0 atom stereocenters. The Hall–Kier alpha value is -1.02. The second-order valence-electron chi connectivity index (χ2n) is 4.37. The maximum atomic E-state index is 5.71. The topological polar surface area (TPSA) is 35.2 Å². The van der Waals surface area contributed by atoms with Crippen LogP contribution in [0.2, 0.25) is 0 Å². The van der Waals surface area contributed by atoms with Gasteiger partial charge in [-0.3, -0.25) is 0 Å². The zero-order valence-electron chi connectivity index (χ0n) is 9.33. The Bertz CT molecular complexity index is 331. The van der Waals surface area contributed by atoms with Crippen LogP contribution in [0.25, 0.3) is 0 Å². The van der Waals surface area contributed by atoms with Crippen LogP contribution in [0.3, 0.4) is 0 Å². The summed E-state index contributed by atoms with van der Waals surface area (Å²) < 4.78 is 5.43.